The Morgan fingerprint density at radius 1 is 0.694 bits per heavy atom. The van der Waals surface area contributed by atoms with E-state index in [1.807, 2.05) is 57.2 Å². The van der Waals surface area contributed by atoms with Gasteiger partial charge in [0.1, 0.15) is 45.8 Å². The van der Waals surface area contributed by atoms with E-state index >= 15 is 0 Å². The maximum atomic E-state index is 14.9. The molecule has 4 aromatic carbocycles. The molecule has 5 N–H and O–H groups in total. The molecule has 1 unspecified atom stereocenters. The average molecular weight is 888 g/mol. The second-order valence-electron chi connectivity index (χ2n) is 13.6. The highest BCUT2D eigenvalue weighted by Gasteiger charge is 2.31. The van der Waals surface area contributed by atoms with Crippen molar-refractivity contribution in [3.63, 3.8) is 0 Å². The van der Waals surface area contributed by atoms with E-state index in [9.17, 15) is 37.0 Å². The summed E-state index contributed by atoms with van der Waals surface area (Å²) in [5.74, 6) is -0.186. The maximum Gasteiger partial charge on any atom is 0.416 e. The second kappa shape index (κ2) is 20.6. The summed E-state index contributed by atoms with van der Waals surface area (Å²) in [5.41, 5.74) is 8.52. The van der Waals surface area contributed by atoms with E-state index in [2.05, 4.69) is 25.3 Å². The first kappa shape index (κ1) is 46.2. The van der Waals surface area contributed by atoms with E-state index in [-0.39, 0.29) is 29.2 Å². The van der Waals surface area contributed by atoms with Crippen LogP contribution in [-0.2, 0) is 6.18 Å². The summed E-state index contributed by atoms with van der Waals surface area (Å²) >= 11 is 11.6. The summed E-state index contributed by atoms with van der Waals surface area (Å²) in [7, 11) is 0. The number of aromatic nitrogens is 4. The van der Waals surface area contributed by atoms with Crippen LogP contribution in [0.5, 0.6) is 11.5 Å². The van der Waals surface area contributed by atoms with Crippen molar-refractivity contribution in [2.45, 2.75) is 33.0 Å². The van der Waals surface area contributed by atoms with Crippen LogP contribution in [0.1, 0.15) is 49.8 Å². The van der Waals surface area contributed by atoms with E-state index in [1.165, 1.54) is 18.5 Å². The van der Waals surface area contributed by atoms with E-state index in [0.29, 0.717) is 56.0 Å². The van der Waals surface area contributed by atoms with Crippen LogP contribution in [0.4, 0.5) is 33.6 Å². The third-order valence-corrected chi connectivity index (χ3v) is 9.45. The summed E-state index contributed by atoms with van der Waals surface area (Å²) in [6.45, 7) is 5.57. The lowest BCUT2D eigenvalue weighted by molar-refractivity contribution is -0.137. The minimum Gasteiger partial charge on any atom is -0.506 e. The lowest BCUT2D eigenvalue weighted by Crippen LogP contribution is -2.16. The maximum absolute atomic E-state index is 14.9. The molecule has 318 valence electrons. The molecule has 0 aliphatic carbocycles. The van der Waals surface area contributed by atoms with E-state index in [0.717, 1.165) is 33.5 Å². The van der Waals surface area contributed by atoms with Gasteiger partial charge in [0.05, 0.1) is 27.2 Å². The molecule has 0 aliphatic heterocycles. The highest BCUT2D eigenvalue weighted by Crippen LogP contribution is 2.38. The van der Waals surface area contributed by atoms with Crippen LogP contribution in [0.15, 0.2) is 128 Å². The number of aromatic hydroxyl groups is 2. The zero-order valence-corrected chi connectivity index (χ0v) is 34.6. The van der Waals surface area contributed by atoms with Gasteiger partial charge in [-0.15, -0.1) is 0 Å². The monoisotopic (exact) mass is 886 g/mol. The molecule has 0 amide bonds. The topological polar surface area (TPSA) is 147 Å². The number of hydrogen-bond donors (Lipinski definition) is 4. The quantitative estimate of drug-likeness (QED) is 0.0979. The smallest absolute Gasteiger partial charge is 0.416 e. The predicted molar refractivity (Wildman–Crippen MR) is 233 cm³/mol. The Bertz CT molecular complexity index is 2840. The molecule has 0 spiro atoms. The summed E-state index contributed by atoms with van der Waals surface area (Å²) in [5, 5.41) is 26.4. The van der Waals surface area contributed by atoms with Crippen molar-refractivity contribution >= 4 is 62.9 Å². The number of nitrogen functional groups attached to an aromatic ring is 1. The van der Waals surface area contributed by atoms with Gasteiger partial charge in [0.25, 0.3) is 0 Å². The number of hydrogen-bond acceptors (Lipinski definition) is 9. The zero-order chi connectivity index (χ0) is 45.1. The SMILES string of the molecule is Cc1cc(Cl)cnc1N.Cc1ccc(C(Nc2ncc(Cl)cc2C)c2ccc3cccnc3c2O)c(F)c1.O=Cc1ccc(C(F)(F)F)cc1F.Oc1cccc2cccnc12. The highest BCUT2D eigenvalue weighted by molar-refractivity contribution is 6.30. The minimum atomic E-state index is -4.58. The van der Waals surface area contributed by atoms with Crippen LogP contribution in [-0.4, -0.2) is 36.4 Å². The van der Waals surface area contributed by atoms with Crippen LogP contribution >= 0.6 is 23.2 Å². The number of aldehydes is 1. The van der Waals surface area contributed by atoms with Gasteiger partial charge in [0.15, 0.2) is 6.29 Å². The molecule has 62 heavy (non-hydrogen) atoms. The Labute approximate surface area is 362 Å². The Kier molecular flexibility index (Phi) is 15.3. The number of benzene rings is 4. The molecule has 9 nitrogen and oxygen atoms in total. The first-order chi connectivity index (χ1) is 29.5. The highest BCUT2D eigenvalue weighted by atomic mass is 35.5. The normalized spacial score (nSPS) is 11.3. The molecule has 0 saturated heterocycles. The van der Waals surface area contributed by atoms with Crippen molar-refractivity contribution in [1.82, 2.24) is 19.9 Å². The van der Waals surface area contributed by atoms with E-state index in [4.69, 9.17) is 28.9 Å². The number of carbonyl (C=O) groups is 1. The van der Waals surface area contributed by atoms with Crippen molar-refractivity contribution in [3.8, 4) is 11.5 Å². The summed E-state index contributed by atoms with van der Waals surface area (Å²) in [6.07, 6.45) is 1.93. The first-order valence-electron chi connectivity index (χ1n) is 18.4. The lowest BCUT2D eigenvalue weighted by Gasteiger charge is -2.23. The number of para-hydroxylation sites is 1. The van der Waals surface area contributed by atoms with Gasteiger partial charge in [0.2, 0.25) is 0 Å². The number of nitrogens with zero attached hydrogens (tertiary/aromatic N) is 4. The number of anilines is 2. The molecule has 0 aliphatic rings. The number of aryl methyl sites for hydroxylation is 3. The number of alkyl halides is 3. The lowest BCUT2D eigenvalue weighted by atomic mass is 9.95. The number of pyridine rings is 4. The van der Waals surface area contributed by atoms with Crippen LogP contribution in [0, 0.1) is 32.4 Å². The summed E-state index contributed by atoms with van der Waals surface area (Å²) < 4.78 is 63.4. The fraction of sp³-hybridized carbons (Fsp3) is 0.109. The minimum absolute atomic E-state index is 0.00666. The second-order valence-corrected chi connectivity index (χ2v) is 14.4. The number of halogens is 7. The Morgan fingerprint density at radius 2 is 1.31 bits per heavy atom. The molecule has 4 aromatic heterocycles. The molecular weight excluding hydrogens is 850 g/mol. The first-order valence-corrected chi connectivity index (χ1v) is 19.2. The van der Waals surface area contributed by atoms with Crippen LogP contribution in [0.3, 0.4) is 0 Å². The third-order valence-electron chi connectivity index (χ3n) is 9.03. The van der Waals surface area contributed by atoms with Gasteiger partial charge in [-0.2, -0.15) is 13.2 Å². The van der Waals surface area contributed by atoms with E-state index < -0.39 is 23.6 Å². The van der Waals surface area contributed by atoms with Gasteiger partial charge >= 0.3 is 6.18 Å². The van der Waals surface area contributed by atoms with Gasteiger partial charge in [-0.1, -0.05) is 71.7 Å². The number of phenols is 2. The number of fused-ring (bicyclic) bond motifs is 2. The number of nitrogens with one attached hydrogen (secondary N) is 1. The van der Waals surface area contributed by atoms with Crippen LogP contribution in [0.2, 0.25) is 10.0 Å². The van der Waals surface area contributed by atoms with Gasteiger partial charge in [-0.25, -0.2) is 18.7 Å². The van der Waals surface area contributed by atoms with Crippen LogP contribution < -0.4 is 11.1 Å². The average Bonchev–Trinajstić information content (AvgIpc) is 3.23. The number of phenolic OH excluding ortho intramolecular Hbond substituents is 2. The molecule has 1 atom stereocenters. The molecule has 0 bridgehead atoms. The van der Waals surface area contributed by atoms with Gasteiger partial charge in [-0.05, 0) is 92.1 Å². The number of carbonyl (C=O) groups excluding carboxylic acids is 1. The number of rotatable bonds is 5. The Balaban J connectivity index is 0.000000180. The molecule has 16 heteroatoms. The fourth-order valence-electron chi connectivity index (χ4n) is 5.83. The van der Waals surface area contributed by atoms with Crippen molar-refractivity contribution in [2.24, 2.45) is 0 Å². The van der Waals surface area contributed by atoms with E-state index in [1.54, 1.807) is 54.9 Å². The standard InChI is InChI=1S/C23H19ClFN3O.C9H7NO.C8H4F4O.C6H7ClN2/c1-13-5-7-17(19(25)10-13)21(28-23-14(2)11-16(24)12-27-23)18-8-6-15-4-3-9-26-20(15)22(18)29;11-8-5-1-3-7-4-2-6-10-9(7)8;9-7-3-6(8(10,11)12)2-1-5(7)4-13;1-4-2-5(7)3-9-6(4)8/h3-12,21,29H,1-2H3,(H,27,28);1-6,11H;1-4H;2-3H,1H3,(H2,8,9). The molecule has 0 fully saturated rings. The summed E-state index contributed by atoms with van der Waals surface area (Å²) in [6, 6.07) is 26.1. The summed E-state index contributed by atoms with van der Waals surface area (Å²) in [4.78, 5) is 26.6. The number of nitrogens with two attached hydrogens (primary N) is 1. The third kappa shape index (κ3) is 11.9. The van der Waals surface area contributed by atoms with Gasteiger partial charge in [0, 0.05) is 46.7 Å². The molecule has 8 rings (SSSR count). The van der Waals surface area contributed by atoms with Crippen molar-refractivity contribution in [1.29, 1.82) is 0 Å². The molecule has 0 radical (unpaired) electrons. The van der Waals surface area contributed by atoms with Crippen LogP contribution in [0.25, 0.3) is 21.8 Å². The largest absolute Gasteiger partial charge is 0.506 e. The van der Waals surface area contributed by atoms with Crippen molar-refractivity contribution in [3.05, 3.63) is 189 Å². The Morgan fingerprint density at radius 3 is 1.89 bits per heavy atom. The van der Waals surface area contributed by atoms with Gasteiger partial charge in [-0.3, -0.25) is 14.8 Å². The van der Waals surface area contributed by atoms with Crippen molar-refractivity contribution in [2.75, 3.05) is 11.1 Å². The molecular formula is C46H37Cl2F5N6O3. The molecule has 4 heterocycles. The zero-order valence-electron chi connectivity index (χ0n) is 33.1. The Hall–Kier alpha value is -6.90. The molecule has 8 aromatic rings. The predicted octanol–water partition coefficient (Wildman–Crippen LogP) is 12.2. The van der Waals surface area contributed by atoms with Gasteiger partial charge < -0.3 is 21.3 Å². The molecule has 0 saturated carbocycles. The van der Waals surface area contributed by atoms with Crippen molar-refractivity contribution < 1.29 is 37.0 Å². The fourth-order valence-corrected chi connectivity index (χ4v) is 6.26.